The van der Waals surface area contributed by atoms with E-state index in [4.69, 9.17) is 21.4 Å². The van der Waals surface area contributed by atoms with E-state index >= 15 is 0 Å². The van der Waals surface area contributed by atoms with Crippen molar-refractivity contribution >= 4 is 50.9 Å². The summed E-state index contributed by atoms with van der Waals surface area (Å²) in [4.78, 5) is 42.2. The summed E-state index contributed by atoms with van der Waals surface area (Å²) in [7, 11) is 0. The first-order valence-corrected chi connectivity index (χ1v) is 13.7. The van der Waals surface area contributed by atoms with Gasteiger partial charge in [-0.15, -0.1) is 0 Å². The van der Waals surface area contributed by atoms with Gasteiger partial charge in [0.15, 0.2) is 0 Å². The predicted molar refractivity (Wildman–Crippen MR) is 136 cm³/mol. The molecule has 6 atom stereocenters. The lowest BCUT2D eigenvalue weighted by Gasteiger charge is -2.34. The normalized spacial score (nSPS) is 31.0. The number of unbranched alkanes of at least 4 members (excludes halogenated alkanes) is 3. The number of fused-ring (bicyclic) bond motifs is 1. The summed E-state index contributed by atoms with van der Waals surface area (Å²) in [5.41, 5.74) is -0.485. The van der Waals surface area contributed by atoms with E-state index < -0.39 is 29.6 Å². The minimum atomic E-state index is -1.06. The van der Waals surface area contributed by atoms with Gasteiger partial charge in [0.25, 0.3) is 0 Å². The third-order valence-corrected chi connectivity index (χ3v) is 8.41. The average Bonchev–Trinajstić information content (AvgIpc) is 3.42. The maximum absolute atomic E-state index is 13.8. The SMILES string of the molecule is CCCNC(=O)[C@H]1[C@@H]2OC3(CC2Br)C(C(=O)Nc2ccc(Cl)cc2)N(CCCCCCO)C(=O)[C@H]13. The van der Waals surface area contributed by atoms with Crippen molar-refractivity contribution in [3.8, 4) is 0 Å². The highest BCUT2D eigenvalue weighted by Gasteiger charge is 2.76. The molecule has 35 heavy (non-hydrogen) atoms. The number of anilines is 1. The highest BCUT2D eigenvalue weighted by molar-refractivity contribution is 9.09. The highest BCUT2D eigenvalue weighted by Crippen LogP contribution is 2.60. The molecule has 3 aliphatic heterocycles. The van der Waals surface area contributed by atoms with Crippen molar-refractivity contribution in [2.75, 3.05) is 25.0 Å². The van der Waals surface area contributed by atoms with Crippen LogP contribution in [0.5, 0.6) is 0 Å². The van der Waals surface area contributed by atoms with Gasteiger partial charge in [0.1, 0.15) is 11.6 Å². The van der Waals surface area contributed by atoms with E-state index in [0.717, 1.165) is 19.3 Å². The van der Waals surface area contributed by atoms with E-state index in [1.165, 1.54) is 0 Å². The topological polar surface area (TPSA) is 108 Å². The molecule has 1 aromatic carbocycles. The number of nitrogens with one attached hydrogen (secondary N) is 2. The molecule has 4 rings (SSSR count). The van der Waals surface area contributed by atoms with Crippen LogP contribution in [0.2, 0.25) is 5.02 Å². The van der Waals surface area contributed by atoms with Crippen molar-refractivity contribution in [1.29, 1.82) is 0 Å². The molecule has 3 unspecified atom stereocenters. The first kappa shape index (κ1) is 26.4. The molecule has 0 aliphatic carbocycles. The minimum absolute atomic E-state index is 0.126. The second-order valence-corrected chi connectivity index (χ2v) is 11.2. The number of hydrogen-bond acceptors (Lipinski definition) is 5. The van der Waals surface area contributed by atoms with Crippen LogP contribution < -0.4 is 10.6 Å². The lowest BCUT2D eigenvalue weighted by Crippen LogP contribution is -2.54. The smallest absolute Gasteiger partial charge is 0.250 e. The first-order chi connectivity index (χ1) is 16.8. The minimum Gasteiger partial charge on any atom is -0.396 e. The number of ether oxygens (including phenoxy) is 1. The van der Waals surface area contributed by atoms with E-state index in [0.29, 0.717) is 43.1 Å². The molecule has 10 heteroatoms. The molecule has 3 aliphatic rings. The van der Waals surface area contributed by atoms with Crippen LogP contribution in [0.4, 0.5) is 5.69 Å². The van der Waals surface area contributed by atoms with Crippen LogP contribution in [-0.4, -0.2) is 70.0 Å². The van der Waals surface area contributed by atoms with Crippen molar-refractivity contribution in [3.05, 3.63) is 29.3 Å². The number of nitrogens with zero attached hydrogens (tertiary/aromatic N) is 1. The van der Waals surface area contributed by atoms with Crippen LogP contribution in [0, 0.1) is 11.8 Å². The number of hydrogen-bond donors (Lipinski definition) is 3. The summed E-state index contributed by atoms with van der Waals surface area (Å²) in [6.45, 7) is 3.03. The maximum Gasteiger partial charge on any atom is 0.250 e. The summed E-state index contributed by atoms with van der Waals surface area (Å²) >= 11 is 9.66. The number of likely N-dealkylation sites (tertiary alicyclic amines) is 1. The maximum atomic E-state index is 13.8. The molecule has 1 aromatic rings. The molecule has 0 aromatic heterocycles. The van der Waals surface area contributed by atoms with Crippen molar-refractivity contribution in [2.24, 2.45) is 11.8 Å². The van der Waals surface area contributed by atoms with Gasteiger partial charge in [-0.3, -0.25) is 14.4 Å². The number of rotatable bonds is 11. The zero-order valence-corrected chi connectivity index (χ0v) is 22.2. The molecule has 0 saturated carbocycles. The number of amides is 3. The van der Waals surface area contributed by atoms with E-state index in [1.54, 1.807) is 29.2 Å². The van der Waals surface area contributed by atoms with Gasteiger partial charge in [-0.25, -0.2) is 0 Å². The highest BCUT2D eigenvalue weighted by atomic mass is 79.9. The molecule has 8 nitrogen and oxygen atoms in total. The first-order valence-electron chi connectivity index (χ1n) is 12.4. The number of alkyl halides is 1. The zero-order valence-electron chi connectivity index (χ0n) is 19.8. The lowest BCUT2D eigenvalue weighted by molar-refractivity contribution is -0.140. The fraction of sp³-hybridized carbons (Fsp3) is 0.640. The quantitative estimate of drug-likeness (QED) is 0.280. The number of carbonyl (C=O) groups excluding carboxylic acids is 3. The molecule has 2 bridgehead atoms. The molecule has 3 saturated heterocycles. The predicted octanol–water partition coefficient (Wildman–Crippen LogP) is 3.11. The van der Waals surface area contributed by atoms with E-state index in [-0.39, 0.29) is 29.2 Å². The number of carbonyl (C=O) groups is 3. The summed E-state index contributed by atoms with van der Waals surface area (Å²) in [6, 6.07) is 5.97. The van der Waals surface area contributed by atoms with Gasteiger partial charge >= 0.3 is 0 Å². The molecular formula is C25H33BrClN3O5. The molecule has 1 spiro atoms. The Bertz CT molecular complexity index is 948. The third kappa shape index (κ3) is 4.97. The van der Waals surface area contributed by atoms with Crippen molar-refractivity contribution in [2.45, 2.75) is 68.0 Å². The summed E-state index contributed by atoms with van der Waals surface area (Å²) in [5, 5.41) is 15.5. The van der Waals surface area contributed by atoms with Crippen LogP contribution in [0.1, 0.15) is 45.4 Å². The summed E-state index contributed by atoms with van der Waals surface area (Å²) in [6.07, 6.45) is 3.89. The largest absolute Gasteiger partial charge is 0.396 e. The molecular weight excluding hydrogens is 538 g/mol. The Morgan fingerprint density at radius 1 is 1.20 bits per heavy atom. The summed E-state index contributed by atoms with van der Waals surface area (Å²) in [5.74, 6) is -2.05. The fourth-order valence-electron chi connectivity index (χ4n) is 5.83. The molecule has 3 heterocycles. The second-order valence-electron chi connectivity index (χ2n) is 9.62. The Morgan fingerprint density at radius 2 is 1.91 bits per heavy atom. The van der Waals surface area contributed by atoms with Crippen LogP contribution in [0.25, 0.3) is 0 Å². The van der Waals surface area contributed by atoms with Gasteiger partial charge in [0.2, 0.25) is 17.7 Å². The summed E-state index contributed by atoms with van der Waals surface area (Å²) < 4.78 is 6.46. The van der Waals surface area contributed by atoms with Gasteiger partial charge in [0, 0.05) is 35.2 Å². The van der Waals surface area contributed by atoms with Gasteiger partial charge in [-0.1, -0.05) is 47.3 Å². The number of aliphatic hydroxyl groups is 1. The second kappa shape index (κ2) is 11.2. The van der Waals surface area contributed by atoms with E-state index in [2.05, 4.69) is 26.6 Å². The van der Waals surface area contributed by atoms with Crippen LogP contribution >= 0.6 is 27.5 Å². The van der Waals surface area contributed by atoms with E-state index in [9.17, 15) is 14.4 Å². The average molecular weight is 571 g/mol. The number of benzene rings is 1. The van der Waals surface area contributed by atoms with Gasteiger partial charge in [0.05, 0.1) is 17.9 Å². The van der Waals surface area contributed by atoms with Crippen molar-refractivity contribution in [3.63, 3.8) is 0 Å². The van der Waals surface area contributed by atoms with Crippen LogP contribution in [0.15, 0.2) is 24.3 Å². The Morgan fingerprint density at radius 3 is 2.60 bits per heavy atom. The molecule has 3 fully saturated rings. The molecule has 3 N–H and O–H groups in total. The molecule has 192 valence electrons. The number of aliphatic hydroxyl groups excluding tert-OH is 1. The Balaban J connectivity index is 1.62. The van der Waals surface area contributed by atoms with E-state index in [1.807, 2.05) is 6.92 Å². The third-order valence-electron chi connectivity index (χ3n) is 7.31. The zero-order chi connectivity index (χ0) is 25.2. The Hall–Kier alpha value is -1.68. The number of halogens is 2. The monoisotopic (exact) mass is 569 g/mol. The molecule has 3 amide bonds. The Labute approximate surface area is 219 Å². The lowest BCUT2D eigenvalue weighted by atomic mass is 9.70. The van der Waals surface area contributed by atoms with Crippen molar-refractivity contribution in [1.82, 2.24) is 10.2 Å². The fourth-order valence-corrected chi connectivity index (χ4v) is 6.90. The van der Waals surface area contributed by atoms with Gasteiger partial charge in [-0.2, -0.15) is 0 Å². The standard InChI is InChI=1S/C25H33BrClN3O5/c1-2-11-28-22(32)18-19-24(34)30(12-5-3-4-6-13-31)21(25(19)14-17(26)20(18)35-25)23(33)29-16-9-7-15(27)8-10-16/h7-10,17-21,31H,2-6,11-14H2,1H3,(H,28,32)(H,29,33)/t17?,18-,19+,20-,21?,25?/m1/s1. The van der Waals surface area contributed by atoms with Crippen LogP contribution in [-0.2, 0) is 19.1 Å². The molecule has 0 radical (unpaired) electrons. The van der Waals surface area contributed by atoms with Crippen LogP contribution in [0.3, 0.4) is 0 Å². The van der Waals surface area contributed by atoms with Crippen molar-refractivity contribution < 1.29 is 24.2 Å². The van der Waals surface area contributed by atoms with Gasteiger partial charge in [-0.05, 0) is 49.9 Å². The Kier molecular flexibility index (Phi) is 8.41. The van der Waals surface area contributed by atoms with Gasteiger partial charge < -0.3 is 25.4 Å².